The van der Waals surface area contributed by atoms with E-state index in [1.807, 2.05) is 66.4 Å². The van der Waals surface area contributed by atoms with Gasteiger partial charge in [-0.25, -0.2) is 0 Å². The van der Waals surface area contributed by atoms with Gasteiger partial charge in [-0.1, -0.05) is 85.8 Å². The zero-order chi connectivity index (χ0) is 36.6. The van der Waals surface area contributed by atoms with Crippen molar-refractivity contribution in [3.05, 3.63) is 124 Å². The van der Waals surface area contributed by atoms with Crippen LogP contribution >= 0.6 is 0 Å². The first-order valence-electron chi connectivity index (χ1n) is 18.4. The minimum absolute atomic E-state index is 0.0136. The lowest BCUT2D eigenvalue weighted by Gasteiger charge is -2.36. The number of benzene rings is 3. The quantitative estimate of drug-likeness (QED) is 0.183. The largest absolute Gasteiger partial charge is 0.364 e. The standard InChI is InChI=1S/C41H49N7O4/c1-3-37(49)44-35(41(52)47-20-18-46(19-21-47)27-30-10-6-5-7-11-30)22-28-14-16-29(17-15-28)26-43-40(51)38(33-23-31-12-8-9-13-32(31)24-33)34-25-36(39(42)50)48(4-2)45-34/h5-17,25,33,35,38H,3-4,18-24,26-27H2,1-2H3,(H2,42,50)(H,43,51)(H,44,49)/t35-,38+/m1/s1. The summed E-state index contributed by atoms with van der Waals surface area (Å²) in [5.74, 6) is -1.54. The molecule has 2 atom stereocenters. The number of carbonyl (C=O) groups is 4. The Bertz CT molecular complexity index is 1840. The van der Waals surface area contributed by atoms with Crippen LogP contribution in [-0.4, -0.2) is 75.4 Å². The molecule has 4 N–H and O–H groups in total. The Morgan fingerprint density at radius 3 is 2.06 bits per heavy atom. The number of hydrogen-bond acceptors (Lipinski definition) is 6. The summed E-state index contributed by atoms with van der Waals surface area (Å²) in [5.41, 5.74) is 12.0. The lowest BCUT2D eigenvalue weighted by atomic mass is 9.86. The molecule has 2 heterocycles. The Morgan fingerprint density at radius 2 is 1.46 bits per heavy atom. The second-order valence-electron chi connectivity index (χ2n) is 13.8. The highest BCUT2D eigenvalue weighted by molar-refractivity contribution is 5.92. The third-order valence-corrected chi connectivity index (χ3v) is 10.3. The molecule has 3 aromatic carbocycles. The summed E-state index contributed by atoms with van der Waals surface area (Å²) in [6.45, 7) is 8.05. The molecule has 6 rings (SSSR count). The van der Waals surface area contributed by atoms with Crippen molar-refractivity contribution < 1.29 is 19.2 Å². The van der Waals surface area contributed by atoms with Gasteiger partial charge in [0.15, 0.2) is 0 Å². The molecule has 1 aromatic heterocycles. The average molecular weight is 704 g/mol. The smallest absolute Gasteiger partial charge is 0.266 e. The highest BCUT2D eigenvalue weighted by Crippen LogP contribution is 2.37. The van der Waals surface area contributed by atoms with Crippen molar-refractivity contribution in [3.8, 4) is 0 Å². The molecule has 2 aliphatic rings. The Balaban J connectivity index is 1.09. The molecule has 1 aliphatic carbocycles. The molecule has 0 spiro atoms. The van der Waals surface area contributed by atoms with E-state index in [0.717, 1.165) is 43.6 Å². The summed E-state index contributed by atoms with van der Waals surface area (Å²) >= 11 is 0. The van der Waals surface area contributed by atoms with Gasteiger partial charge in [-0.15, -0.1) is 0 Å². The molecule has 11 heteroatoms. The number of aryl methyl sites for hydroxylation is 1. The van der Waals surface area contributed by atoms with Gasteiger partial charge in [0.1, 0.15) is 11.7 Å². The summed E-state index contributed by atoms with van der Waals surface area (Å²) in [6, 6.07) is 27.3. The molecule has 272 valence electrons. The van der Waals surface area contributed by atoms with E-state index in [0.29, 0.717) is 50.4 Å². The summed E-state index contributed by atoms with van der Waals surface area (Å²) < 4.78 is 1.56. The number of nitrogens with two attached hydrogens (primary N) is 1. The van der Waals surface area contributed by atoms with Crippen molar-refractivity contribution in [1.82, 2.24) is 30.2 Å². The zero-order valence-corrected chi connectivity index (χ0v) is 30.1. The van der Waals surface area contributed by atoms with Gasteiger partial charge >= 0.3 is 0 Å². The number of aromatic nitrogens is 2. The predicted molar refractivity (Wildman–Crippen MR) is 199 cm³/mol. The Labute approximate surface area is 305 Å². The number of primary amides is 1. The lowest BCUT2D eigenvalue weighted by Crippen LogP contribution is -2.55. The maximum atomic E-state index is 14.0. The lowest BCUT2D eigenvalue weighted by molar-refractivity contribution is -0.138. The van der Waals surface area contributed by atoms with E-state index in [2.05, 4.69) is 44.9 Å². The van der Waals surface area contributed by atoms with Crippen LogP contribution in [0.1, 0.15) is 70.2 Å². The number of piperazine rings is 1. The molecule has 1 saturated heterocycles. The molecule has 11 nitrogen and oxygen atoms in total. The van der Waals surface area contributed by atoms with E-state index in [-0.39, 0.29) is 23.6 Å². The average Bonchev–Trinajstić information content (AvgIpc) is 3.79. The van der Waals surface area contributed by atoms with E-state index in [1.165, 1.54) is 16.7 Å². The number of nitrogens with zero attached hydrogens (tertiary/aromatic N) is 4. The SMILES string of the molecule is CCC(=O)N[C@H](Cc1ccc(CNC(=O)[C@H](c2cc(C(N)=O)n(CC)n2)C2Cc3ccccc3C2)cc1)C(=O)N1CCN(Cc2ccccc2)CC1. The Kier molecular flexibility index (Phi) is 11.8. The fraction of sp³-hybridized carbons (Fsp3) is 0.390. The van der Waals surface area contributed by atoms with Crippen LogP contribution in [0.4, 0.5) is 0 Å². The van der Waals surface area contributed by atoms with Gasteiger partial charge < -0.3 is 21.3 Å². The first-order chi connectivity index (χ1) is 25.2. The predicted octanol–water partition coefficient (Wildman–Crippen LogP) is 3.60. The van der Waals surface area contributed by atoms with Gasteiger partial charge in [-0.05, 0) is 59.6 Å². The zero-order valence-electron chi connectivity index (χ0n) is 30.1. The molecule has 0 unspecified atom stereocenters. The van der Waals surface area contributed by atoms with E-state index in [1.54, 1.807) is 17.7 Å². The molecular weight excluding hydrogens is 654 g/mol. The van der Waals surface area contributed by atoms with E-state index in [4.69, 9.17) is 5.73 Å². The van der Waals surface area contributed by atoms with Crippen molar-refractivity contribution in [2.75, 3.05) is 26.2 Å². The van der Waals surface area contributed by atoms with Crippen molar-refractivity contribution >= 4 is 23.6 Å². The van der Waals surface area contributed by atoms with Crippen LogP contribution in [0.2, 0.25) is 0 Å². The van der Waals surface area contributed by atoms with Crippen molar-refractivity contribution in [2.45, 2.75) is 71.1 Å². The first kappa shape index (κ1) is 36.5. The number of amides is 4. The van der Waals surface area contributed by atoms with Crippen LogP contribution in [0, 0.1) is 5.92 Å². The van der Waals surface area contributed by atoms with Gasteiger partial charge in [-0.3, -0.25) is 28.8 Å². The monoisotopic (exact) mass is 703 g/mol. The topological polar surface area (TPSA) is 143 Å². The fourth-order valence-corrected chi connectivity index (χ4v) is 7.46. The molecule has 1 fully saturated rings. The minimum Gasteiger partial charge on any atom is -0.364 e. The molecule has 4 amide bonds. The highest BCUT2D eigenvalue weighted by atomic mass is 16.2. The van der Waals surface area contributed by atoms with Crippen molar-refractivity contribution in [1.29, 1.82) is 0 Å². The van der Waals surface area contributed by atoms with Crippen LogP contribution < -0.4 is 16.4 Å². The first-order valence-corrected chi connectivity index (χ1v) is 18.4. The molecule has 52 heavy (non-hydrogen) atoms. The van der Waals surface area contributed by atoms with Crippen molar-refractivity contribution in [2.24, 2.45) is 11.7 Å². The summed E-state index contributed by atoms with van der Waals surface area (Å²) in [4.78, 5) is 56.5. The second kappa shape index (κ2) is 16.8. The van der Waals surface area contributed by atoms with E-state index in [9.17, 15) is 19.2 Å². The Morgan fingerprint density at radius 1 is 0.827 bits per heavy atom. The maximum absolute atomic E-state index is 14.0. The normalized spacial score (nSPS) is 15.8. The third-order valence-electron chi connectivity index (χ3n) is 10.3. The Hall–Kier alpha value is -5.29. The molecule has 4 aromatic rings. The highest BCUT2D eigenvalue weighted by Gasteiger charge is 2.37. The maximum Gasteiger partial charge on any atom is 0.266 e. The summed E-state index contributed by atoms with van der Waals surface area (Å²) in [6.07, 6.45) is 2.15. The number of rotatable bonds is 14. The number of hydrogen-bond donors (Lipinski definition) is 3. The molecule has 0 bridgehead atoms. The van der Waals surface area contributed by atoms with Crippen LogP contribution in [0.3, 0.4) is 0 Å². The molecule has 0 saturated carbocycles. The van der Waals surface area contributed by atoms with E-state index < -0.39 is 17.9 Å². The summed E-state index contributed by atoms with van der Waals surface area (Å²) in [5, 5.41) is 10.7. The molecule has 1 aliphatic heterocycles. The van der Waals surface area contributed by atoms with Gasteiger partial charge in [0, 0.05) is 58.7 Å². The van der Waals surface area contributed by atoms with Crippen LogP contribution in [0.15, 0.2) is 84.9 Å². The van der Waals surface area contributed by atoms with Gasteiger partial charge in [-0.2, -0.15) is 5.10 Å². The number of fused-ring (bicyclic) bond motifs is 1. The fourth-order valence-electron chi connectivity index (χ4n) is 7.46. The number of nitrogens with one attached hydrogen (secondary N) is 2. The van der Waals surface area contributed by atoms with Crippen molar-refractivity contribution in [3.63, 3.8) is 0 Å². The van der Waals surface area contributed by atoms with Crippen LogP contribution in [0.5, 0.6) is 0 Å². The second-order valence-corrected chi connectivity index (χ2v) is 13.8. The van der Waals surface area contributed by atoms with Crippen LogP contribution in [0.25, 0.3) is 0 Å². The van der Waals surface area contributed by atoms with Gasteiger partial charge in [0.05, 0.1) is 11.6 Å². The molecular formula is C41H49N7O4. The number of carbonyl (C=O) groups excluding carboxylic acids is 4. The molecule has 0 radical (unpaired) electrons. The third kappa shape index (κ3) is 8.77. The summed E-state index contributed by atoms with van der Waals surface area (Å²) in [7, 11) is 0. The van der Waals surface area contributed by atoms with Gasteiger partial charge in [0.2, 0.25) is 17.7 Å². The van der Waals surface area contributed by atoms with E-state index >= 15 is 0 Å². The van der Waals surface area contributed by atoms with Crippen LogP contribution in [-0.2, 0) is 53.3 Å². The van der Waals surface area contributed by atoms with Gasteiger partial charge in [0.25, 0.3) is 5.91 Å². The minimum atomic E-state index is -0.664.